The van der Waals surface area contributed by atoms with Crippen molar-refractivity contribution in [2.75, 3.05) is 23.3 Å². The summed E-state index contributed by atoms with van der Waals surface area (Å²) < 4.78 is 4.19. The highest BCUT2D eigenvalue weighted by atomic mass is 32.1. The second-order valence-electron chi connectivity index (χ2n) is 6.67. The van der Waals surface area contributed by atoms with E-state index in [4.69, 9.17) is 11.5 Å². The number of aromatic nitrogens is 3. The fourth-order valence-electron chi connectivity index (χ4n) is 2.89. The Bertz CT molecular complexity index is 1020. The number of carbonyl (C=O) groups excluding carboxylic acids is 2. The molecule has 0 radical (unpaired) electrons. The lowest BCUT2D eigenvalue weighted by Crippen LogP contribution is -2.22. The van der Waals surface area contributed by atoms with Crippen LogP contribution in [0.15, 0.2) is 42.6 Å². The van der Waals surface area contributed by atoms with Gasteiger partial charge in [-0.15, -0.1) is 0 Å². The molecule has 2 aromatic heterocycles. The van der Waals surface area contributed by atoms with Crippen LogP contribution in [-0.2, 0) is 0 Å². The van der Waals surface area contributed by atoms with Crippen LogP contribution >= 0.6 is 11.5 Å². The maximum Gasteiger partial charge on any atom is 0.271 e. The smallest absolute Gasteiger partial charge is 0.271 e. The van der Waals surface area contributed by atoms with Gasteiger partial charge in [0.1, 0.15) is 10.8 Å². The molecule has 5 N–H and O–H groups in total. The molecule has 156 valence electrons. The monoisotopic (exact) mass is 425 g/mol. The Kier molecular flexibility index (Phi) is 6.91. The molecule has 1 aromatic carbocycles. The first-order valence-electron chi connectivity index (χ1n) is 9.41. The van der Waals surface area contributed by atoms with E-state index in [1.807, 2.05) is 19.1 Å². The number of nitrogens with one attached hydrogen (secondary N) is 1. The summed E-state index contributed by atoms with van der Waals surface area (Å²) in [6.45, 7) is 3.83. The van der Waals surface area contributed by atoms with Crippen molar-refractivity contribution in [1.29, 1.82) is 0 Å². The van der Waals surface area contributed by atoms with Crippen LogP contribution in [0.25, 0.3) is 0 Å². The number of amides is 2. The summed E-state index contributed by atoms with van der Waals surface area (Å²) in [6, 6.07) is 10.6. The van der Waals surface area contributed by atoms with Gasteiger partial charge in [0.15, 0.2) is 11.5 Å². The maximum absolute atomic E-state index is 11.5. The Balaban J connectivity index is 0.000000239. The number of hydrogen-bond donors (Lipinski definition) is 3. The summed E-state index contributed by atoms with van der Waals surface area (Å²) in [7, 11) is 0. The average Bonchev–Trinajstić information content (AvgIpc) is 3.41. The third-order valence-electron chi connectivity index (χ3n) is 4.35. The van der Waals surface area contributed by atoms with Gasteiger partial charge in [0.2, 0.25) is 5.91 Å². The molecule has 1 aliphatic rings. The van der Waals surface area contributed by atoms with E-state index < -0.39 is 5.91 Å². The molecule has 10 heteroatoms. The highest BCUT2D eigenvalue weighted by Crippen LogP contribution is 2.25. The summed E-state index contributed by atoms with van der Waals surface area (Å²) in [5.74, 6) is 0.173. The van der Waals surface area contributed by atoms with E-state index >= 15 is 0 Å². The molecule has 0 saturated carbocycles. The van der Waals surface area contributed by atoms with Crippen LogP contribution in [0, 0.1) is 6.92 Å². The van der Waals surface area contributed by atoms with Crippen molar-refractivity contribution in [3.63, 3.8) is 0 Å². The van der Waals surface area contributed by atoms with Gasteiger partial charge in [-0.2, -0.15) is 4.37 Å². The molecule has 0 atom stereocenters. The first-order chi connectivity index (χ1) is 14.4. The van der Waals surface area contributed by atoms with Crippen molar-refractivity contribution in [3.8, 4) is 0 Å². The molecule has 3 aromatic rings. The molecule has 1 aliphatic heterocycles. The van der Waals surface area contributed by atoms with Crippen LogP contribution < -0.4 is 21.7 Å². The molecule has 2 amide bonds. The number of primary amides is 2. The molecule has 3 heterocycles. The van der Waals surface area contributed by atoms with E-state index in [-0.39, 0.29) is 11.6 Å². The molecule has 0 bridgehead atoms. The highest BCUT2D eigenvalue weighted by Gasteiger charge is 2.19. The van der Waals surface area contributed by atoms with Gasteiger partial charge in [-0.3, -0.25) is 9.59 Å². The highest BCUT2D eigenvalue weighted by molar-refractivity contribution is 7.10. The van der Waals surface area contributed by atoms with Gasteiger partial charge in [-0.25, -0.2) is 9.97 Å². The average molecular weight is 426 g/mol. The number of aryl methyl sites for hydroxylation is 1. The normalized spacial score (nSPS) is 12.8. The molecular formula is C20H23N7O2S. The second kappa shape index (κ2) is 9.79. The Labute approximate surface area is 178 Å². The minimum Gasteiger partial charge on any atom is -0.366 e. The summed E-state index contributed by atoms with van der Waals surface area (Å²) in [6.07, 6.45) is 3.90. The predicted octanol–water partition coefficient (Wildman–Crippen LogP) is 2.47. The van der Waals surface area contributed by atoms with Crippen molar-refractivity contribution >= 4 is 40.0 Å². The lowest BCUT2D eigenvalue weighted by atomic mass is 10.2. The van der Waals surface area contributed by atoms with Crippen molar-refractivity contribution in [1.82, 2.24) is 14.3 Å². The van der Waals surface area contributed by atoms with Gasteiger partial charge in [-0.1, -0.05) is 18.2 Å². The number of carbonyl (C=O) groups is 2. The SMILES string of the molecule is Cc1cc(Nc2nc(N3CCCC3)cnc2C(N)=O)sn1.NC(=O)c1ccccc1. The summed E-state index contributed by atoms with van der Waals surface area (Å²) in [5.41, 5.74) is 11.9. The number of rotatable bonds is 5. The van der Waals surface area contributed by atoms with Gasteiger partial charge in [0.25, 0.3) is 5.91 Å². The number of anilines is 3. The van der Waals surface area contributed by atoms with E-state index in [9.17, 15) is 9.59 Å². The largest absolute Gasteiger partial charge is 0.366 e. The third-order valence-corrected chi connectivity index (χ3v) is 5.15. The fraction of sp³-hybridized carbons (Fsp3) is 0.250. The van der Waals surface area contributed by atoms with Crippen molar-refractivity contribution in [2.24, 2.45) is 11.5 Å². The number of nitrogens with zero attached hydrogens (tertiary/aromatic N) is 4. The molecule has 0 spiro atoms. The summed E-state index contributed by atoms with van der Waals surface area (Å²) in [4.78, 5) is 32.8. The van der Waals surface area contributed by atoms with E-state index in [2.05, 4.69) is 24.6 Å². The Morgan fingerprint density at radius 3 is 2.33 bits per heavy atom. The molecule has 30 heavy (non-hydrogen) atoms. The molecule has 4 rings (SSSR count). The molecule has 0 unspecified atom stereocenters. The lowest BCUT2D eigenvalue weighted by Gasteiger charge is -2.17. The van der Waals surface area contributed by atoms with Gasteiger partial charge in [0.05, 0.1) is 11.9 Å². The minimum absolute atomic E-state index is 0.143. The van der Waals surface area contributed by atoms with E-state index in [1.165, 1.54) is 11.5 Å². The number of hydrogen-bond acceptors (Lipinski definition) is 8. The number of benzene rings is 1. The number of nitrogens with two attached hydrogens (primary N) is 2. The fourth-order valence-corrected chi connectivity index (χ4v) is 3.55. The van der Waals surface area contributed by atoms with Gasteiger partial charge >= 0.3 is 0 Å². The standard InChI is InChI=1S/C13H16N6OS.C7H7NO/c1-8-6-10(21-18-8)17-13-11(12(14)20)15-7-9(16-13)19-4-2-3-5-19;8-7(9)6-4-2-1-3-5-6/h6-7H,2-5H2,1H3,(H2,14,20)(H,16,17);1-5H,(H2,8,9). The first-order valence-corrected chi connectivity index (χ1v) is 10.2. The topological polar surface area (TPSA) is 140 Å². The van der Waals surface area contributed by atoms with E-state index in [0.717, 1.165) is 42.4 Å². The maximum atomic E-state index is 11.5. The molecule has 0 aliphatic carbocycles. The zero-order valence-corrected chi connectivity index (χ0v) is 17.4. The Morgan fingerprint density at radius 2 is 1.80 bits per heavy atom. The van der Waals surface area contributed by atoms with Crippen LogP contribution in [0.1, 0.15) is 39.4 Å². The van der Waals surface area contributed by atoms with Crippen LogP contribution in [0.4, 0.5) is 16.6 Å². The third kappa shape index (κ3) is 5.51. The van der Waals surface area contributed by atoms with Crippen LogP contribution in [0.5, 0.6) is 0 Å². The van der Waals surface area contributed by atoms with E-state index in [1.54, 1.807) is 30.5 Å². The zero-order chi connectivity index (χ0) is 21.5. The quantitative estimate of drug-likeness (QED) is 0.570. The van der Waals surface area contributed by atoms with Crippen molar-refractivity contribution in [2.45, 2.75) is 19.8 Å². The summed E-state index contributed by atoms with van der Waals surface area (Å²) in [5, 5.41) is 3.90. The van der Waals surface area contributed by atoms with Gasteiger partial charge < -0.3 is 21.7 Å². The Morgan fingerprint density at radius 1 is 1.10 bits per heavy atom. The van der Waals surface area contributed by atoms with Crippen LogP contribution in [-0.4, -0.2) is 39.2 Å². The minimum atomic E-state index is -0.598. The van der Waals surface area contributed by atoms with Crippen LogP contribution in [0.3, 0.4) is 0 Å². The second-order valence-corrected chi connectivity index (χ2v) is 7.48. The molecule has 1 fully saturated rings. The Hall–Kier alpha value is -3.53. The van der Waals surface area contributed by atoms with Crippen molar-refractivity contribution in [3.05, 3.63) is 59.5 Å². The molecular weight excluding hydrogens is 402 g/mol. The first kappa shape index (κ1) is 21.2. The predicted molar refractivity (Wildman–Crippen MR) is 117 cm³/mol. The lowest BCUT2D eigenvalue weighted by molar-refractivity contribution is 0.0989. The van der Waals surface area contributed by atoms with Gasteiger partial charge in [0, 0.05) is 18.7 Å². The molecule has 9 nitrogen and oxygen atoms in total. The van der Waals surface area contributed by atoms with Crippen molar-refractivity contribution < 1.29 is 9.59 Å². The van der Waals surface area contributed by atoms with Crippen LogP contribution in [0.2, 0.25) is 0 Å². The zero-order valence-electron chi connectivity index (χ0n) is 16.5. The molecule has 1 saturated heterocycles. The summed E-state index contributed by atoms with van der Waals surface area (Å²) >= 11 is 1.31. The van der Waals surface area contributed by atoms with E-state index in [0.29, 0.717) is 11.4 Å². The van der Waals surface area contributed by atoms with Gasteiger partial charge in [-0.05, 0) is 49.5 Å².